The molecule has 0 unspecified atom stereocenters. The third-order valence-electron chi connectivity index (χ3n) is 5.58. The number of carbonyl (C=O) groups excluding carboxylic acids is 2. The van der Waals surface area contributed by atoms with Crippen LogP contribution in [0, 0.1) is 0 Å². The fourth-order valence-electron chi connectivity index (χ4n) is 3.64. The highest BCUT2D eigenvalue weighted by atomic mass is 35.5. The van der Waals surface area contributed by atoms with Gasteiger partial charge in [-0.1, -0.05) is 47.5 Å². The zero-order valence-corrected chi connectivity index (χ0v) is 22.3. The second-order valence-corrected chi connectivity index (χ2v) is 9.06. The van der Waals surface area contributed by atoms with Crippen LogP contribution in [0.5, 0.6) is 11.5 Å². The number of benzene rings is 3. The predicted molar refractivity (Wildman–Crippen MR) is 147 cm³/mol. The summed E-state index contributed by atoms with van der Waals surface area (Å²) in [5.74, 6) is 0.159. The minimum absolute atomic E-state index is 0.151. The highest BCUT2D eigenvalue weighted by Gasteiger charge is 2.40. The number of hydrogen-bond donors (Lipinski definition) is 0. The summed E-state index contributed by atoms with van der Waals surface area (Å²) < 4.78 is 15.8. The van der Waals surface area contributed by atoms with Crippen molar-refractivity contribution in [3.8, 4) is 11.5 Å². The predicted octanol–water partition coefficient (Wildman–Crippen LogP) is 5.73. The van der Waals surface area contributed by atoms with E-state index in [9.17, 15) is 9.59 Å². The van der Waals surface area contributed by atoms with Crippen molar-refractivity contribution in [2.75, 3.05) is 25.7 Å². The first kappa shape index (κ1) is 26.5. The summed E-state index contributed by atoms with van der Waals surface area (Å²) >= 11 is 18.2. The Kier molecular flexibility index (Phi) is 8.33. The molecule has 1 fully saturated rings. The molecule has 0 saturated carbocycles. The maximum Gasteiger partial charge on any atom is 0.325 e. The minimum atomic E-state index is -0.543. The first-order chi connectivity index (χ1) is 17.8. The monoisotopic (exact) mass is 556 g/mol. The molecule has 1 heterocycles. The highest BCUT2D eigenvalue weighted by molar-refractivity contribution is 7.80. The van der Waals surface area contributed by atoms with Crippen molar-refractivity contribution in [2.24, 2.45) is 0 Å². The zero-order chi connectivity index (χ0) is 26.5. The van der Waals surface area contributed by atoms with Gasteiger partial charge in [0.1, 0.15) is 30.3 Å². The number of hydrogen-bond acceptors (Lipinski definition) is 6. The molecule has 0 atom stereocenters. The lowest BCUT2D eigenvalue weighted by molar-refractivity contribution is -0.140. The Bertz CT molecular complexity index is 1380. The number of rotatable bonds is 8. The fraction of sp³-hybridized carbons (Fsp3) is 0.148. The quantitative estimate of drug-likeness (QED) is 0.199. The highest BCUT2D eigenvalue weighted by Crippen LogP contribution is 2.32. The van der Waals surface area contributed by atoms with Crippen LogP contribution in [0.3, 0.4) is 0 Å². The SMILES string of the molecule is COC(=O)CN1C(=S)N(c2ccc(OC)cc2)C(=O)/C1=C/c1ccc(OCc2ccccc2Cl)c(Cl)c1. The Morgan fingerprint density at radius 2 is 1.73 bits per heavy atom. The van der Waals surface area contributed by atoms with Crippen LogP contribution >= 0.6 is 35.4 Å². The van der Waals surface area contributed by atoms with E-state index in [0.29, 0.717) is 32.8 Å². The van der Waals surface area contributed by atoms with Gasteiger partial charge < -0.3 is 19.1 Å². The Morgan fingerprint density at radius 3 is 2.38 bits per heavy atom. The van der Waals surface area contributed by atoms with Crippen molar-refractivity contribution in [3.05, 3.63) is 93.6 Å². The summed E-state index contributed by atoms with van der Waals surface area (Å²) in [5, 5.41) is 1.10. The van der Waals surface area contributed by atoms with Gasteiger partial charge in [-0.25, -0.2) is 0 Å². The average molecular weight is 557 g/mol. The number of esters is 1. The number of carbonyl (C=O) groups is 2. The van der Waals surface area contributed by atoms with Gasteiger partial charge in [0.15, 0.2) is 5.11 Å². The molecule has 0 N–H and O–H groups in total. The molecule has 1 aliphatic heterocycles. The van der Waals surface area contributed by atoms with Crippen LogP contribution in [0.4, 0.5) is 5.69 Å². The van der Waals surface area contributed by atoms with Gasteiger partial charge in [0.2, 0.25) is 0 Å². The van der Waals surface area contributed by atoms with Crippen LogP contribution in [-0.2, 0) is 20.9 Å². The third kappa shape index (κ3) is 5.88. The van der Waals surface area contributed by atoms with Gasteiger partial charge >= 0.3 is 5.97 Å². The number of nitrogens with zero attached hydrogens (tertiary/aromatic N) is 2. The maximum atomic E-state index is 13.5. The van der Waals surface area contributed by atoms with Crippen molar-refractivity contribution in [1.82, 2.24) is 4.90 Å². The minimum Gasteiger partial charge on any atom is -0.497 e. The standard InChI is InChI=1S/C27H22Cl2N2O5S/c1-34-20-10-8-19(9-11-20)31-26(33)23(30(27(31)37)15-25(32)35-2)14-17-7-12-24(22(29)13-17)36-16-18-5-3-4-6-21(18)28/h3-14H,15-16H2,1-2H3/b23-14-. The fourth-order valence-corrected chi connectivity index (χ4v) is 4.42. The molecule has 1 amide bonds. The summed E-state index contributed by atoms with van der Waals surface area (Å²) in [6, 6.07) is 19.4. The smallest absolute Gasteiger partial charge is 0.325 e. The van der Waals surface area contributed by atoms with E-state index in [2.05, 4.69) is 0 Å². The molecule has 0 aliphatic carbocycles. The number of anilines is 1. The molecule has 1 saturated heterocycles. The van der Waals surface area contributed by atoms with Gasteiger partial charge in [0.05, 0.1) is 24.9 Å². The summed E-state index contributed by atoms with van der Waals surface area (Å²) in [6.07, 6.45) is 1.62. The summed E-state index contributed by atoms with van der Waals surface area (Å²) in [5.41, 5.74) is 2.18. The second-order valence-electron chi connectivity index (χ2n) is 7.88. The lowest BCUT2D eigenvalue weighted by atomic mass is 10.1. The van der Waals surface area contributed by atoms with E-state index in [1.54, 1.807) is 61.7 Å². The first-order valence-electron chi connectivity index (χ1n) is 11.1. The molecular formula is C27H22Cl2N2O5S. The maximum absolute atomic E-state index is 13.5. The molecule has 0 spiro atoms. The number of thiocarbonyl (C=S) groups is 1. The average Bonchev–Trinajstić information content (AvgIpc) is 3.12. The van der Waals surface area contributed by atoms with E-state index in [1.807, 2.05) is 18.2 Å². The van der Waals surface area contributed by atoms with Crippen LogP contribution in [0.15, 0.2) is 72.4 Å². The number of ether oxygens (including phenoxy) is 3. The number of amides is 1. The number of methoxy groups -OCH3 is 2. The Balaban J connectivity index is 1.62. The molecule has 190 valence electrons. The van der Waals surface area contributed by atoms with Crippen LogP contribution in [-0.4, -0.2) is 42.7 Å². The van der Waals surface area contributed by atoms with E-state index < -0.39 is 11.9 Å². The summed E-state index contributed by atoms with van der Waals surface area (Å²) in [6.45, 7) is 0.0165. The summed E-state index contributed by atoms with van der Waals surface area (Å²) in [7, 11) is 2.83. The molecule has 0 bridgehead atoms. The van der Waals surface area contributed by atoms with E-state index in [0.717, 1.165) is 5.56 Å². The van der Waals surface area contributed by atoms with E-state index >= 15 is 0 Å². The largest absolute Gasteiger partial charge is 0.497 e. The molecule has 3 aromatic carbocycles. The lowest BCUT2D eigenvalue weighted by Crippen LogP contribution is -2.35. The van der Waals surface area contributed by atoms with Crippen molar-refractivity contribution in [1.29, 1.82) is 0 Å². The summed E-state index contributed by atoms with van der Waals surface area (Å²) in [4.78, 5) is 28.4. The Morgan fingerprint density at radius 1 is 1.00 bits per heavy atom. The van der Waals surface area contributed by atoms with Gasteiger partial charge in [-0.2, -0.15) is 0 Å². The van der Waals surface area contributed by atoms with Gasteiger partial charge in [0.25, 0.3) is 5.91 Å². The molecule has 3 aromatic rings. The topological polar surface area (TPSA) is 68.3 Å². The van der Waals surface area contributed by atoms with E-state index in [-0.39, 0.29) is 24.0 Å². The van der Waals surface area contributed by atoms with Crippen molar-refractivity contribution in [3.63, 3.8) is 0 Å². The molecule has 10 heteroatoms. The van der Waals surface area contributed by atoms with E-state index in [4.69, 9.17) is 49.6 Å². The molecule has 0 aromatic heterocycles. The molecule has 7 nitrogen and oxygen atoms in total. The normalized spacial score (nSPS) is 14.3. The Labute approximate surface area is 229 Å². The molecule has 0 radical (unpaired) electrons. The number of halogens is 2. The van der Waals surface area contributed by atoms with Gasteiger partial charge in [0, 0.05) is 10.6 Å². The molecule has 1 aliphatic rings. The van der Waals surface area contributed by atoms with Crippen LogP contribution in [0.25, 0.3) is 6.08 Å². The molecular weight excluding hydrogens is 535 g/mol. The third-order valence-corrected chi connectivity index (χ3v) is 6.65. The van der Waals surface area contributed by atoms with Crippen molar-refractivity contribution >= 4 is 64.2 Å². The Hall–Kier alpha value is -3.59. The van der Waals surface area contributed by atoms with Crippen LogP contribution < -0.4 is 14.4 Å². The molecule has 4 rings (SSSR count). The van der Waals surface area contributed by atoms with Crippen molar-refractivity contribution < 1.29 is 23.8 Å². The second kappa shape index (κ2) is 11.6. The van der Waals surface area contributed by atoms with Gasteiger partial charge in [-0.05, 0) is 66.3 Å². The van der Waals surface area contributed by atoms with Gasteiger partial charge in [-0.15, -0.1) is 0 Å². The lowest BCUT2D eigenvalue weighted by Gasteiger charge is -2.19. The van der Waals surface area contributed by atoms with Gasteiger partial charge in [-0.3, -0.25) is 14.5 Å². The van der Waals surface area contributed by atoms with Crippen LogP contribution in [0.2, 0.25) is 10.0 Å². The molecule has 37 heavy (non-hydrogen) atoms. The van der Waals surface area contributed by atoms with E-state index in [1.165, 1.54) is 16.9 Å². The first-order valence-corrected chi connectivity index (χ1v) is 12.2. The van der Waals surface area contributed by atoms with Crippen molar-refractivity contribution in [2.45, 2.75) is 6.61 Å². The van der Waals surface area contributed by atoms with Crippen LogP contribution in [0.1, 0.15) is 11.1 Å². The zero-order valence-electron chi connectivity index (χ0n) is 19.9.